The lowest BCUT2D eigenvalue weighted by atomic mass is 10.2. The van der Waals surface area contributed by atoms with Crippen molar-refractivity contribution in [2.24, 2.45) is 0 Å². The van der Waals surface area contributed by atoms with Crippen molar-refractivity contribution >= 4 is 17.5 Å². The number of carbonyl (C=O) groups is 2. The molecule has 0 saturated heterocycles. The predicted octanol–water partition coefficient (Wildman–Crippen LogP) is 2.98. The molecule has 0 aliphatic rings. The van der Waals surface area contributed by atoms with E-state index in [9.17, 15) is 9.59 Å². The van der Waals surface area contributed by atoms with Crippen LogP contribution >= 0.6 is 0 Å². The summed E-state index contributed by atoms with van der Waals surface area (Å²) < 4.78 is 10.8. The Kier molecular flexibility index (Phi) is 7.64. The van der Waals surface area contributed by atoms with Crippen LogP contribution in [0, 0.1) is 0 Å². The van der Waals surface area contributed by atoms with Crippen molar-refractivity contribution in [1.29, 1.82) is 0 Å². The van der Waals surface area contributed by atoms with Crippen LogP contribution in [0.3, 0.4) is 0 Å². The fraction of sp³-hybridized carbons (Fsp3) is 0.300. The summed E-state index contributed by atoms with van der Waals surface area (Å²) in [5, 5.41) is 2.75. The summed E-state index contributed by atoms with van der Waals surface area (Å²) in [7, 11) is 1.58. The van der Waals surface area contributed by atoms with Gasteiger partial charge in [-0.25, -0.2) is 0 Å². The number of ether oxygens (including phenoxy) is 2. The zero-order valence-electron chi connectivity index (χ0n) is 15.1. The molecule has 0 bridgehead atoms. The lowest BCUT2D eigenvalue weighted by molar-refractivity contribution is -0.121. The molecule has 1 N–H and O–H groups in total. The van der Waals surface area contributed by atoms with Crippen LogP contribution in [-0.4, -0.2) is 38.6 Å². The molecule has 2 aromatic carbocycles. The van der Waals surface area contributed by atoms with Gasteiger partial charge in [0, 0.05) is 33.5 Å². The van der Waals surface area contributed by atoms with Gasteiger partial charge in [-0.05, 0) is 24.3 Å². The Balaban J connectivity index is 2.09. The number of methoxy groups -OCH3 is 1. The van der Waals surface area contributed by atoms with Crippen LogP contribution in [0.25, 0.3) is 0 Å². The van der Waals surface area contributed by atoms with Crippen molar-refractivity contribution in [2.45, 2.75) is 13.3 Å². The third kappa shape index (κ3) is 5.89. The standard InChI is InChI=1S/C20H24N2O4/c1-16(23)22(14-12-20(24)21-13-15-25-2)18-10-6-7-11-19(18)26-17-8-4-3-5-9-17/h3-11H,12-15H2,1-2H3,(H,21,24). The summed E-state index contributed by atoms with van der Waals surface area (Å²) in [5.74, 6) is 0.961. The maximum Gasteiger partial charge on any atom is 0.223 e. The minimum Gasteiger partial charge on any atom is -0.455 e. The molecule has 138 valence electrons. The van der Waals surface area contributed by atoms with Crippen LogP contribution in [0.2, 0.25) is 0 Å². The van der Waals surface area contributed by atoms with Crippen molar-refractivity contribution in [3.63, 3.8) is 0 Å². The Morgan fingerprint density at radius 2 is 1.73 bits per heavy atom. The topological polar surface area (TPSA) is 67.9 Å². The highest BCUT2D eigenvalue weighted by Crippen LogP contribution is 2.32. The van der Waals surface area contributed by atoms with Crippen molar-refractivity contribution in [3.8, 4) is 11.5 Å². The average molecular weight is 356 g/mol. The molecule has 0 aliphatic heterocycles. The van der Waals surface area contributed by atoms with E-state index < -0.39 is 0 Å². The van der Waals surface area contributed by atoms with Gasteiger partial charge in [0.05, 0.1) is 12.3 Å². The largest absolute Gasteiger partial charge is 0.455 e. The first kappa shape index (κ1) is 19.5. The Bertz CT molecular complexity index is 719. The number of nitrogens with one attached hydrogen (secondary N) is 1. The monoisotopic (exact) mass is 356 g/mol. The molecule has 26 heavy (non-hydrogen) atoms. The first-order chi connectivity index (χ1) is 12.6. The predicted molar refractivity (Wildman–Crippen MR) is 100 cm³/mol. The summed E-state index contributed by atoms with van der Waals surface area (Å²) in [6.07, 6.45) is 0.197. The Morgan fingerprint density at radius 1 is 1.04 bits per heavy atom. The molecule has 2 amide bonds. The molecule has 2 rings (SSSR count). The van der Waals surface area contributed by atoms with Gasteiger partial charge in [-0.15, -0.1) is 0 Å². The van der Waals surface area contributed by atoms with E-state index in [1.807, 2.05) is 48.5 Å². The molecule has 0 fully saturated rings. The minimum atomic E-state index is -0.154. The number of benzene rings is 2. The average Bonchev–Trinajstić information content (AvgIpc) is 2.64. The molecule has 0 unspecified atom stereocenters. The zero-order chi connectivity index (χ0) is 18.8. The van der Waals surface area contributed by atoms with Gasteiger partial charge < -0.3 is 19.7 Å². The fourth-order valence-corrected chi connectivity index (χ4v) is 2.42. The molecular formula is C20H24N2O4. The van der Waals surface area contributed by atoms with E-state index in [1.54, 1.807) is 18.1 Å². The first-order valence-electron chi connectivity index (χ1n) is 8.47. The Labute approximate surface area is 153 Å². The summed E-state index contributed by atoms with van der Waals surface area (Å²) in [6, 6.07) is 16.6. The molecule has 0 aromatic heterocycles. The second kappa shape index (κ2) is 10.2. The number of anilines is 1. The number of para-hydroxylation sites is 3. The second-order valence-electron chi connectivity index (χ2n) is 5.65. The van der Waals surface area contributed by atoms with Crippen LogP contribution in [-0.2, 0) is 14.3 Å². The van der Waals surface area contributed by atoms with E-state index in [-0.39, 0.29) is 24.8 Å². The maximum absolute atomic E-state index is 12.1. The molecule has 0 atom stereocenters. The van der Waals surface area contributed by atoms with Crippen molar-refractivity contribution in [3.05, 3.63) is 54.6 Å². The summed E-state index contributed by atoms with van der Waals surface area (Å²) in [5.41, 5.74) is 0.633. The molecule has 0 aliphatic carbocycles. The number of rotatable bonds is 9. The van der Waals surface area contributed by atoms with Gasteiger partial charge in [0.15, 0.2) is 5.75 Å². The molecular weight excluding hydrogens is 332 g/mol. The van der Waals surface area contributed by atoms with E-state index >= 15 is 0 Å². The molecule has 0 heterocycles. The van der Waals surface area contributed by atoms with Crippen LogP contribution < -0.4 is 15.0 Å². The van der Waals surface area contributed by atoms with Gasteiger partial charge in [0.1, 0.15) is 5.75 Å². The summed E-state index contributed by atoms with van der Waals surface area (Å²) in [6.45, 7) is 2.64. The highest BCUT2D eigenvalue weighted by Gasteiger charge is 2.17. The molecule has 0 radical (unpaired) electrons. The van der Waals surface area contributed by atoms with Crippen molar-refractivity contribution < 1.29 is 19.1 Å². The van der Waals surface area contributed by atoms with Crippen LogP contribution in [0.5, 0.6) is 11.5 Å². The number of nitrogens with zero attached hydrogens (tertiary/aromatic N) is 1. The van der Waals surface area contributed by atoms with E-state index in [0.29, 0.717) is 30.3 Å². The van der Waals surface area contributed by atoms with Crippen LogP contribution in [0.1, 0.15) is 13.3 Å². The number of amides is 2. The van der Waals surface area contributed by atoms with E-state index in [0.717, 1.165) is 0 Å². The highest BCUT2D eigenvalue weighted by atomic mass is 16.5. The third-order valence-corrected chi connectivity index (χ3v) is 3.70. The lowest BCUT2D eigenvalue weighted by Gasteiger charge is -2.23. The van der Waals surface area contributed by atoms with Gasteiger partial charge in [-0.2, -0.15) is 0 Å². The van der Waals surface area contributed by atoms with E-state index in [1.165, 1.54) is 6.92 Å². The normalized spacial score (nSPS) is 10.2. The van der Waals surface area contributed by atoms with E-state index in [2.05, 4.69) is 5.32 Å². The number of carbonyl (C=O) groups excluding carboxylic acids is 2. The molecule has 6 heteroatoms. The molecule has 2 aromatic rings. The first-order valence-corrected chi connectivity index (χ1v) is 8.47. The highest BCUT2D eigenvalue weighted by molar-refractivity contribution is 5.94. The van der Waals surface area contributed by atoms with E-state index in [4.69, 9.17) is 9.47 Å². The summed E-state index contributed by atoms with van der Waals surface area (Å²) in [4.78, 5) is 25.6. The minimum absolute atomic E-state index is 0.130. The zero-order valence-corrected chi connectivity index (χ0v) is 15.1. The van der Waals surface area contributed by atoms with Crippen LogP contribution in [0.15, 0.2) is 54.6 Å². The van der Waals surface area contributed by atoms with Gasteiger partial charge in [-0.3, -0.25) is 9.59 Å². The Hall–Kier alpha value is -2.86. The van der Waals surface area contributed by atoms with Gasteiger partial charge in [-0.1, -0.05) is 30.3 Å². The SMILES string of the molecule is COCCNC(=O)CCN(C(C)=O)c1ccccc1Oc1ccccc1. The van der Waals surface area contributed by atoms with Crippen molar-refractivity contribution in [1.82, 2.24) is 5.32 Å². The molecule has 6 nitrogen and oxygen atoms in total. The summed E-state index contributed by atoms with van der Waals surface area (Å²) >= 11 is 0. The maximum atomic E-state index is 12.1. The second-order valence-corrected chi connectivity index (χ2v) is 5.65. The number of hydrogen-bond donors (Lipinski definition) is 1. The molecule has 0 saturated carbocycles. The smallest absolute Gasteiger partial charge is 0.223 e. The van der Waals surface area contributed by atoms with Crippen molar-refractivity contribution in [2.75, 3.05) is 31.7 Å². The third-order valence-electron chi connectivity index (χ3n) is 3.70. The fourth-order valence-electron chi connectivity index (χ4n) is 2.42. The number of hydrogen-bond acceptors (Lipinski definition) is 4. The Morgan fingerprint density at radius 3 is 2.42 bits per heavy atom. The van der Waals surface area contributed by atoms with Gasteiger partial charge in [0.25, 0.3) is 0 Å². The van der Waals surface area contributed by atoms with Gasteiger partial charge >= 0.3 is 0 Å². The van der Waals surface area contributed by atoms with Crippen LogP contribution in [0.4, 0.5) is 5.69 Å². The lowest BCUT2D eigenvalue weighted by Crippen LogP contribution is -2.35. The van der Waals surface area contributed by atoms with Gasteiger partial charge in [0.2, 0.25) is 11.8 Å². The quantitative estimate of drug-likeness (QED) is 0.702. The molecule has 0 spiro atoms.